The molecule has 5 aromatic rings. The second-order valence-electron chi connectivity index (χ2n) is 32.6. The molecule has 5 rings (SSSR count). The molecule has 0 bridgehead atoms. The zero-order valence-electron chi connectivity index (χ0n) is 72.0. The standard InChI is InChI=1S/C98H164N6O6/c1-8-15-21-27-33-39-45-51-57-63-69-105-93-77-87(78-94(106-70-64-58-52-46-40-34-28-22-16-9-2)97(93)109-73-67-61-55-49-43-37-31-25-19-12-5)82-103-84-91(99-101-103)89-75-86(14-7)76-90(81-89)92-85-104(102-100-92)83-88-79-95(107-71-65-59-53-47-41-35-29-23-17-10-3)98(110-74-68-62-56-50-44-38-32-26-20-13-6)96(80-88)108-72-66-60-54-48-42-36-30-24-18-11-4/h7,75-81,84-85H,8-13,15-74,82-83H2,1-6H3. The molecule has 12 heteroatoms. The Hall–Kier alpha value is -5.70. The van der Waals surface area contributed by atoms with E-state index in [0.29, 0.717) is 64.1 Å². The Morgan fingerprint density at radius 2 is 0.455 bits per heavy atom. The number of rotatable bonds is 78. The second-order valence-corrected chi connectivity index (χ2v) is 32.6. The van der Waals surface area contributed by atoms with Crippen LogP contribution < -0.4 is 28.4 Å². The van der Waals surface area contributed by atoms with Crippen molar-refractivity contribution in [2.24, 2.45) is 0 Å². The molecule has 0 unspecified atom stereocenters. The third-order valence-corrected chi connectivity index (χ3v) is 22.1. The molecule has 0 fully saturated rings. The zero-order chi connectivity index (χ0) is 77.9. The van der Waals surface area contributed by atoms with Gasteiger partial charge in [0.15, 0.2) is 23.0 Å². The van der Waals surface area contributed by atoms with E-state index in [4.69, 9.17) is 55.5 Å². The highest BCUT2D eigenvalue weighted by Gasteiger charge is 2.21. The van der Waals surface area contributed by atoms with Gasteiger partial charge >= 0.3 is 0 Å². The molecule has 3 aromatic carbocycles. The first-order chi connectivity index (χ1) is 54.4. The molecule has 12 nitrogen and oxygen atoms in total. The molecular formula is C98H164N6O6. The summed E-state index contributed by atoms with van der Waals surface area (Å²) in [5.74, 6) is 7.42. The molecule has 110 heavy (non-hydrogen) atoms. The van der Waals surface area contributed by atoms with E-state index in [0.717, 1.165) is 139 Å². The van der Waals surface area contributed by atoms with Gasteiger partial charge in [-0.1, -0.05) is 405 Å². The molecule has 0 aliphatic rings. The van der Waals surface area contributed by atoms with Gasteiger partial charge in [-0.3, -0.25) is 0 Å². The predicted molar refractivity (Wildman–Crippen MR) is 468 cm³/mol. The van der Waals surface area contributed by atoms with Gasteiger partial charge in [0.2, 0.25) is 11.5 Å². The molecule has 0 aliphatic heterocycles. The lowest BCUT2D eigenvalue weighted by Gasteiger charge is -2.19. The van der Waals surface area contributed by atoms with Crippen molar-refractivity contribution in [2.75, 3.05) is 39.6 Å². The fourth-order valence-electron chi connectivity index (χ4n) is 15.2. The normalized spacial score (nSPS) is 11.5. The van der Waals surface area contributed by atoms with E-state index in [1.807, 2.05) is 33.9 Å². The van der Waals surface area contributed by atoms with E-state index in [9.17, 15) is 0 Å². The lowest BCUT2D eigenvalue weighted by atomic mass is 10.0. The van der Waals surface area contributed by atoms with E-state index >= 15 is 0 Å². The maximum atomic E-state index is 6.81. The molecular weight excluding hydrogens is 1360 g/mol. The van der Waals surface area contributed by atoms with Crippen LogP contribution in [0.15, 0.2) is 54.9 Å². The maximum Gasteiger partial charge on any atom is 0.203 e. The Labute approximate surface area is 675 Å². The van der Waals surface area contributed by atoms with Crippen LogP contribution in [0.1, 0.15) is 443 Å². The number of aromatic nitrogens is 6. The van der Waals surface area contributed by atoms with Crippen LogP contribution >= 0.6 is 0 Å². The highest BCUT2D eigenvalue weighted by molar-refractivity contribution is 5.71. The Morgan fingerprint density at radius 1 is 0.255 bits per heavy atom. The molecule has 622 valence electrons. The summed E-state index contributed by atoms with van der Waals surface area (Å²) in [6.45, 7) is 18.5. The second kappa shape index (κ2) is 66.7. The van der Waals surface area contributed by atoms with Crippen molar-refractivity contribution in [3.05, 3.63) is 71.5 Å². The van der Waals surface area contributed by atoms with E-state index in [2.05, 4.69) is 77.8 Å². The number of hydrogen-bond donors (Lipinski definition) is 0. The lowest BCUT2D eigenvalue weighted by Crippen LogP contribution is -2.08. The molecule has 0 amide bonds. The number of benzene rings is 3. The SMILES string of the molecule is C#Cc1cc(-c2cn(Cc3cc(OCCCCCCCCCCCC)c(OCCCCCCCCCCCC)c(OCCCCCCCCCCCC)c3)nn2)cc(-c2cn(Cc3cc(OCCCCCCCCCCCC)c(OCCCCCCCCCCCC)c(OCCCCCCCCCCCC)c3)nn2)c1. The van der Waals surface area contributed by atoms with Gasteiger partial charge in [-0.15, -0.1) is 16.6 Å². The number of ether oxygens (including phenoxy) is 6. The van der Waals surface area contributed by atoms with E-state index in [1.165, 1.54) is 308 Å². The summed E-state index contributed by atoms with van der Waals surface area (Å²) >= 11 is 0. The number of hydrogen-bond acceptors (Lipinski definition) is 10. The first kappa shape index (κ1) is 94.9. The molecule has 0 atom stereocenters. The molecule has 0 spiro atoms. The van der Waals surface area contributed by atoms with Gasteiger partial charge in [0.25, 0.3) is 0 Å². The zero-order valence-corrected chi connectivity index (χ0v) is 72.0. The lowest BCUT2D eigenvalue weighted by molar-refractivity contribution is 0.233. The average molecular weight is 1520 g/mol. The van der Waals surface area contributed by atoms with Crippen LogP contribution in [0, 0.1) is 12.3 Å². The predicted octanol–water partition coefficient (Wildman–Crippen LogP) is 30.1. The summed E-state index contributed by atoms with van der Waals surface area (Å²) < 4.78 is 44.7. The summed E-state index contributed by atoms with van der Waals surface area (Å²) in [5.41, 5.74) is 5.91. The van der Waals surface area contributed by atoms with Crippen molar-refractivity contribution in [3.8, 4) is 69.4 Å². The third kappa shape index (κ3) is 45.3. The largest absolute Gasteiger partial charge is 0.490 e. The van der Waals surface area contributed by atoms with Crippen LogP contribution in [0.2, 0.25) is 0 Å². The summed E-state index contributed by atoms with van der Waals surface area (Å²) in [6, 6.07) is 14.7. The van der Waals surface area contributed by atoms with E-state index in [-0.39, 0.29) is 0 Å². The molecule has 2 heterocycles. The average Bonchev–Trinajstić information content (AvgIpc) is 1.55. The highest BCUT2D eigenvalue weighted by atomic mass is 16.5. The molecule has 0 saturated carbocycles. The third-order valence-electron chi connectivity index (χ3n) is 22.1. The van der Waals surface area contributed by atoms with Crippen molar-refractivity contribution in [2.45, 2.75) is 440 Å². The Morgan fingerprint density at radius 3 is 0.664 bits per heavy atom. The smallest absolute Gasteiger partial charge is 0.203 e. The fourth-order valence-corrected chi connectivity index (χ4v) is 15.2. The van der Waals surface area contributed by atoms with Crippen molar-refractivity contribution in [1.82, 2.24) is 30.0 Å². The fraction of sp³-hybridized carbons (Fsp3) is 0.755. The monoisotopic (exact) mass is 1520 g/mol. The van der Waals surface area contributed by atoms with Gasteiger partial charge in [0.1, 0.15) is 11.4 Å². The van der Waals surface area contributed by atoms with Gasteiger partial charge < -0.3 is 28.4 Å². The summed E-state index contributed by atoms with van der Waals surface area (Å²) in [6.07, 6.45) is 86.8. The number of terminal acetylenes is 1. The first-order valence-corrected chi connectivity index (χ1v) is 47.0. The topological polar surface area (TPSA) is 117 Å². The minimum atomic E-state index is 0.468. The Bertz CT molecular complexity index is 2720. The molecule has 0 saturated heterocycles. The Kier molecular flexibility index (Phi) is 57.5. The van der Waals surface area contributed by atoms with Crippen molar-refractivity contribution in [1.29, 1.82) is 0 Å². The molecule has 0 N–H and O–H groups in total. The van der Waals surface area contributed by atoms with Crippen LogP contribution in [0.4, 0.5) is 0 Å². The molecule has 2 aromatic heterocycles. The summed E-state index contributed by atoms with van der Waals surface area (Å²) in [7, 11) is 0. The van der Waals surface area contributed by atoms with Crippen molar-refractivity contribution in [3.63, 3.8) is 0 Å². The van der Waals surface area contributed by atoms with Crippen molar-refractivity contribution >= 4 is 0 Å². The first-order valence-electron chi connectivity index (χ1n) is 47.0. The molecule has 0 aliphatic carbocycles. The van der Waals surface area contributed by atoms with Gasteiger partial charge in [-0.2, -0.15) is 0 Å². The van der Waals surface area contributed by atoms with Crippen LogP contribution in [0.3, 0.4) is 0 Å². The molecule has 0 radical (unpaired) electrons. The van der Waals surface area contributed by atoms with Gasteiger partial charge in [-0.05, 0) is 92.1 Å². The van der Waals surface area contributed by atoms with Gasteiger partial charge in [0, 0.05) is 16.7 Å². The van der Waals surface area contributed by atoms with Crippen LogP contribution in [-0.4, -0.2) is 69.6 Å². The summed E-state index contributed by atoms with van der Waals surface area (Å²) in [5, 5.41) is 19.1. The quantitative estimate of drug-likeness (QED) is 0.0275. The minimum absolute atomic E-state index is 0.468. The van der Waals surface area contributed by atoms with E-state index < -0.39 is 0 Å². The Balaban J connectivity index is 1.37. The van der Waals surface area contributed by atoms with Crippen molar-refractivity contribution < 1.29 is 28.4 Å². The van der Waals surface area contributed by atoms with E-state index in [1.54, 1.807) is 0 Å². The minimum Gasteiger partial charge on any atom is -0.490 e. The van der Waals surface area contributed by atoms with Crippen LogP contribution in [0.25, 0.3) is 22.5 Å². The van der Waals surface area contributed by atoms with Crippen LogP contribution in [0.5, 0.6) is 34.5 Å². The number of unbranched alkanes of at least 4 members (excludes halogenated alkanes) is 54. The maximum absolute atomic E-state index is 6.81. The van der Waals surface area contributed by atoms with Gasteiger partial charge in [-0.25, -0.2) is 9.36 Å². The van der Waals surface area contributed by atoms with Crippen LogP contribution in [-0.2, 0) is 13.1 Å². The highest BCUT2D eigenvalue weighted by Crippen LogP contribution is 2.42. The summed E-state index contributed by atoms with van der Waals surface area (Å²) in [4.78, 5) is 0. The van der Waals surface area contributed by atoms with Gasteiger partial charge in [0.05, 0.1) is 65.1 Å². The number of nitrogens with zero attached hydrogens (tertiary/aromatic N) is 6.